The van der Waals surface area contributed by atoms with Gasteiger partial charge in [-0.05, 0) is 31.0 Å². The molecule has 0 saturated carbocycles. The van der Waals surface area contributed by atoms with E-state index in [0.717, 1.165) is 16.8 Å². The van der Waals surface area contributed by atoms with E-state index in [0.29, 0.717) is 6.42 Å². The Morgan fingerprint density at radius 1 is 1.29 bits per heavy atom. The quantitative estimate of drug-likeness (QED) is 0.787. The third-order valence-electron chi connectivity index (χ3n) is 4.05. The Kier molecular flexibility index (Phi) is 3.89. The summed E-state index contributed by atoms with van der Waals surface area (Å²) >= 11 is 0. The molecule has 0 aliphatic carbocycles. The van der Waals surface area contributed by atoms with E-state index in [1.807, 2.05) is 0 Å². The lowest BCUT2D eigenvalue weighted by Gasteiger charge is -2.15. The standard InChI is InChI=1S/C14H13F4N3O2S/c1-6-3-8(15)5-9(11(6)16)10-4-7(2)12-19-14(20-21(10)12)24(22,23)13(17)18/h3,5,7,10,13H,4H2,1-2H3/t7-,10-/m0/s1. The zero-order valence-electron chi connectivity index (χ0n) is 12.7. The highest BCUT2D eigenvalue weighted by molar-refractivity contribution is 7.91. The van der Waals surface area contributed by atoms with Crippen LogP contribution in [0.25, 0.3) is 0 Å². The van der Waals surface area contributed by atoms with Gasteiger partial charge in [0.25, 0.3) is 15.0 Å². The first-order valence-corrected chi connectivity index (χ1v) is 8.61. The maximum atomic E-state index is 14.4. The fourth-order valence-electron chi connectivity index (χ4n) is 2.87. The van der Waals surface area contributed by atoms with Crippen LogP contribution in [0.5, 0.6) is 0 Å². The van der Waals surface area contributed by atoms with Crippen LogP contribution < -0.4 is 0 Å². The van der Waals surface area contributed by atoms with Gasteiger partial charge in [-0.25, -0.2) is 26.9 Å². The number of rotatable bonds is 3. The zero-order valence-corrected chi connectivity index (χ0v) is 13.5. The number of aromatic nitrogens is 3. The zero-order chi connectivity index (χ0) is 17.8. The SMILES string of the molecule is Cc1cc(F)cc([C@@H]2C[C@H](C)c3nc(S(=O)(=O)C(F)F)nn32)c1F. The molecule has 0 spiro atoms. The smallest absolute Gasteiger partial charge is 0.241 e. The van der Waals surface area contributed by atoms with Crippen molar-refractivity contribution in [2.45, 2.75) is 43.1 Å². The molecule has 1 aliphatic rings. The second-order valence-corrected chi connectivity index (χ2v) is 7.59. The number of hydrogen-bond acceptors (Lipinski definition) is 4. The number of sulfone groups is 1. The molecule has 0 bridgehead atoms. The maximum absolute atomic E-state index is 14.4. The summed E-state index contributed by atoms with van der Waals surface area (Å²) in [4.78, 5) is 3.68. The van der Waals surface area contributed by atoms with E-state index >= 15 is 0 Å². The Morgan fingerprint density at radius 2 is 1.96 bits per heavy atom. The van der Waals surface area contributed by atoms with Gasteiger partial charge in [-0.2, -0.15) is 8.78 Å². The minimum absolute atomic E-state index is 0.0102. The van der Waals surface area contributed by atoms with Crippen molar-refractivity contribution in [1.82, 2.24) is 14.8 Å². The van der Waals surface area contributed by atoms with Gasteiger partial charge < -0.3 is 0 Å². The largest absolute Gasteiger partial charge is 0.344 e. The normalized spacial score (nSPS) is 20.6. The van der Waals surface area contributed by atoms with Gasteiger partial charge in [0.05, 0.1) is 6.04 Å². The number of hydrogen-bond donors (Lipinski definition) is 0. The summed E-state index contributed by atoms with van der Waals surface area (Å²) in [5, 5.41) is 2.64. The Hall–Kier alpha value is -1.97. The van der Waals surface area contributed by atoms with E-state index < -0.39 is 38.4 Å². The van der Waals surface area contributed by atoms with Crippen LogP contribution in [-0.2, 0) is 9.84 Å². The summed E-state index contributed by atoms with van der Waals surface area (Å²) in [6, 6.07) is 1.22. The van der Waals surface area contributed by atoms with E-state index in [1.165, 1.54) is 6.92 Å². The van der Waals surface area contributed by atoms with Crippen molar-refractivity contribution in [3.8, 4) is 0 Å². The molecule has 3 rings (SSSR count). The summed E-state index contributed by atoms with van der Waals surface area (Å²) in [6.07, 6.45) is 0.310. The minimum Gasteiger partial charge on any atom is -0.241 e. The van der Waals surface area contributed by atoms with Gasteiger partial charge in [-0.3, -0.25) is 0 Å². The molecule has 24 heavy (non-hydrogen) atoms. The monoisotopic (exact) mass is 363 g/mol. The Bertz CT molecular complexity index is 911. The molecule has 0 fully saturated rings. The predicted octanol–water partition coefficient (Wildman–Crippen LogP) is 2.96. The van der Waals surface area contributed by atoms with Gasteiger partial charge in [0.1, 0.15) is 17.5 Å². The predicted molar refractivity (Wildman–Crippen MR) is 75.5 cm³/mol. The highest BCUT2D eigenvalue weighted by atomic mass is 32.2. The third-order valence-corrected chi connectivity index (χ3v) is 5.20. The summed E-state index contributed by atoms with van der Waals surface area (Å²) in [7, 11) is -4.95. The summed E-state index contributed by atoms with van der Waals surface area (Å²) in [6.45, 7) is 3.08. The lowest BCUT2D eigenvalue weighted by molar-refractivity contribution is 0.233. The first-order valence-electron chi connectivity index (χ1n) is 7.07. The first kappa shape index (κ1) is 16.9. The summed E-state index contributed by atoms with van der Waals surface area (Å²) in [5.41, 5.74) is 0.0793. The van der Waals surface area contributed by atoms with Crippen molar-refractivity contribution in [1.29, 1.82) is 0 Å². The van der Waals surface area contributed by atoms with Crippen molar-refractivity contribution in [3.05, 3.63) is 40.7 Å². The van der Waals surface area contributed by atoms with Gasteiger partial charge >= 0.3 is 5.76 Å². The van der Waals surface area contributed by atoms with E-state index in [4.69, 9.17) is 0 Å². The van der Waals surface area contributed by atoms with Crippen LogP contribution in [0.4, 0.5) is 17.6 Å². The average Bonchev–Trinajstić information content (AvgIpc) is 3.04. The van der Waals surface area contributed by atoms with Gasteiger partial charge in [-0.1, -0.05) is 6.92 Å². The molecule has 0 radical (unpaired) electrons. The van der Waals surface area contributed by atoms with E-state index in [2.05, 4.69) is 10.1 Å². The highest BCUT2D eigenvalue weighted by Crippen LogP contribution is 2.40. The number of alkyl halides is 2. The first-order chi connectivity index (χ1) is 11.1. The van der Waals surface area contributed by atoms with Crippen LogP contribution in [0.1, 0.15) is 42.3 Å². The third kappa shape index (κ3) is 2.48. The molecule has 10 heteroatoms. The van der Waals surface area contributed by atoms with Crippen molar-refractivity contribution < 1.29 is 26.0 Å². The topological polar surface area (TPSA) is 64.8 Å². The second-order valence-electron chi connectivity index (χ2n) is 5.78. The van der Waals surface area contributed by atoms with Crippen LogP contribution in [0.2, 0.25) is 0 Å². The molecule has 2 atom stereocenters. The van der Waals surface area contributed by atoms with Crippen molar-refractivity contribution in [2.24, 2.45) is 0 Å². The maximum Gasteiger partial charge on any atom is 0.344 e. The molecule has 5 nitrogen and oxygen atoms in total. The second kappa shape index (κ2) is 5.54. The Labute approximate surface area is 135 Å². The van der Waals surface area contributed by atoms with Gasteiger partial charge in [-0.15, -0.1) is 5.10 Å². The van der Waals surface area contributed by atoms with Gasteiger partial charge in [0.15, 0.2) is 0 Å². The fraction of sp³-hybridized carbons (Fsp3) is 0.429. The van der Waals surface area contributed by atoms with Crippen molar-refractivity contribution >= 4 is 9.84 Å². The van der Waals surface area contributed by atoms with Crippen LogP contribution in [0, 0.1) is 18.6 Å². The van der Waals surface area contributed by atoms with E-state index in [1.54, 1.807) is 6.92 Å². The molecule has 2 heterocycles. The highest BCUT2D eigenvalue weighted by Gasteiger charge is 2.39. The van der Waals surface area contributed by atoms with E-state index in [-0.39, 0.29) is 22.9 Å². The molecule has 0 saturated heterocycles. The molecule has 1 aromatic carbocycles. The molecular weight excluding hydrogens is 350 g/mol. The summed E-state index contributed by atoms with van der Waals surface area (Å²) < 4.78 is 77.5. The van der Waals surface area contributed by atoms with E-state index in [9.17, 15) is 26.0 Å². The number of fused-ring (bicyclic) bond motifs is 1. The number of nitrogens with zero attached hydrogens (tertiary/aromatic N) is 3. The molecule has 1 aliphatic heterocycles. The molecule has 2 aromatic rings. The Morgan fingerprint density at radius 3 is 2.58 bits per heavy atom. The molecule has 0 N–H and O–H groups in total. The van der Waals surface area contributed by atoms with Gasteiger partial charge in [0, 0.05) is 11.5 Å². The fourth-order valence-corrected chi connectivity index (χ4v) is 3.46. The molecule has 130 valence electrons. The number of benzene rings is 1. The van der Waals surface area contributed by atoms with Gasteiger partial charge in [0.2, 0.25) is 0 Å². The lowest BCUT2D eigenvalue weighted by atomic mass is 9.98. The lowest BCUT2D eigenvalue weighted by Crippen LogP contribution is -2.16. The van der Waals surface area contributed by atoms with Crippen LogP contribution >= 0.6 is 0 Å². The molecule has 1 aromatic heterocycles. The van der Waals surface area contributed by atoms with Crippen molar-refractivity contribution in [3.63, 3.8) is 0 Å². The summed E-state index contributed by atoms with van der Waals surface area (Å²) in [5.74, 6) is -5.13. The van der Waals surface area contributed by atoms with Crippen LogP contribution in [0.15, 0.2) is 17.3 Å². The minimum atomic E-state index is -4.95. The van der Waals surface area contributed by atoms with Crippen LogP contribution in [0.3, 0.4) is 0 Å². The number of halogens is 4. The molecular formula is C14H13F4N3O2S. The molecule has 0 unspecified atom stereocenters. The van der Waals surface area contributed by atoms with Crippen LogP contribution in [-0.4, -0.2) is 28.9 Å². The molecule has 0 amide bonds. The Balaban J connectivity index is 2.13. The number of aryl methyl sites for hydroxylation is 1. The average molecular weight is 363 g/mol. The van der Waals surface area contributed by atoms with Crippen molar-refractivity contribution in [2.75, 3.05) is 0 Å².